The zero-order valence-corrected chi connectivity index (χ0v) is 14.6. The quantitative estimate of drug-likeness (QED) is 0.766. The number of benzene rings is 2. The van der Waals surface area contributed by atoms with E-state index in [0.29, 0.717) is 11.3 Å². The monoisotopic (exact) mass is 335 g/mol. The number of nitrogens with one attached hydrogen (secondary N) is 1. The second kappa shape index (κ2) is 6.91. The van der Waals surface area contributed by atoms with Crippen molar-refractivity contribution in [2.24, 2.45) is 0 Å². The fraction of sp³-hybridized carbons (Fsp3) is 0.200. The minimum absolute atomic E-state index is 0.0551. The molecule has 1 aromatic heterocycles. The van der Waals surface area contributed by atoms with Crippen LogP contribution in [-0.4, -0.2) is 20.8 Å². The maximum atomic E-state index is 12.5. The number of nitrogens with zero attached hydrogens (tertiary/aromatic N) is 2. The largest absolute Gasteiger partial charge is 0.392 e. The van der Waals surface area contributed by atoms with Crippen molar-refractivity contribution in [3.05, 3.63) is 76.6 Å². The van der Waals surface area contributed by atoms with Gasteiger partial charge in [-0.25, -0.2) is 4.68 Å². The predicted octanol–water partition coefficient (Wildman–Crippen LogP) is 3.54. The minimum Gasteiger partial charge on any atom is -0.392 e. The Kier molecular flexibility index (Phi) is 4.67. The fourth-order valence-corrected chi connectivity index (χ4v) is 2.74. The summed E-state index contributed by atoms with van der Waals surface area (Å²) in [6.45, 7) is 5.81. The van der Waals surface area contributed by atoms with E-state index < -0.39 is 0 Å². The minimum atomic E-state index is -0.182. The van der Waals surface area contributed by atoms with Gasteiger partial charge in [0.2, 0.25) is 0 Å². The summed E-state index contributed by atoms with van der Waals surface area (Å²) >= 11 is 0. The molecule has 3 rings (SSSR count). The number of carbonyl (C=O) groups is 1. The molecule has 0 saturated carbocycles. The lowest BCUT2D eigenvalue weighted by molar-refractivity contribution is 0.102. The van der Waals surface area contributed by atoms with Gasteiger partial charge in [-0.05, 0) is 68.3 Å². The van der Waals surface area contributed by atoms with Gasteiger partial charge < -0.3 is 10.4 Å². The zero-order valence-electron chi connectivity index (χ0n) is 14.6. The Morgan fingerprint density at radius 2 is 1.80 bits per heavy atom. The van der Waals surface area contributed by atoms with Crippen LogP contribution in [0.1, 0.15) is 32.9 Å². The van der Waals surface area contributed by atoms with E-state index in [1.807, 2.05) is 55.8 Å². The number of aromatic nitrogens is 2. The summed E-state index contributed by atoms with van der Waals surface area (Å²) in [6, 6.07) is 14.9. The van der Waals surface area contributed by atoms with Gasteiger partial charge in [-0.1, -0.05) is 12.1 Å². The predicted molar refractivity (Wildman–Crippen MR) is 98.1 cm³/mol. The Morgan fingerprint density at radius 1 is 1.08 bits per heavy atom. The van der Waals surface area contributed by atoms with E-state index in [1.165, 1.54) is 0 Å². The number of hydrogen-bond acceptors (Lipinski definition) is 3. The van der Waals surface area contributed by atoms with Crippen LogP contribution in [0.2, 0.25) is 0 Å². The van der Waals surface area contributed by atoms with Crippen LogP contribution in [0, 0.1) is 20.8 Å². The average Bonchev–Trinajstić information content (AvgIpc) is 2.95. The van der Waals surface area contributed by atoms with Crippen LogP contribution in [0.5, 0.6) is 0 Å². The third-order valence-corrected chi connectivity index (χ3v) is 4.12. The van der Waals surface area contributed by atoms with Gasteiger partial charge in [-0.3, -0.25) is 4.79 Å². The topological polar surface area (TPSA) is 67.2 Å². The lowest BCUT2D eigenvalue weighted by Crippen LogP contribution is -2.13. The van der Waals surface area contributed by atoms with Gasteiger partial charge in [-0.15, -0.1) is 0 Å². The summed E-state index contributed by atoms with van der Waals surface area (Å²) < 4.78 is 1.85. The van der Waals surface area contributed by atoms with Crippen molar-refractivity contribution in [3.8, 4) is 5.69 Å². The second-order valence-corrected chi connectivity index (χ2v) is 6.15. The van der Waals surface area contributed by atoms with Crippen LogP contribution in [-0.2, 0) is 6.61 Å². The van der Waals surface area contributed by atoms with E-state index in [0.717, 1.165) is 28.2 Å². The first-order valence-electron chi connectivity index (χ1n) is 8.13. The molecule has 5 nitrogen and oxygen atoms in total. The Balaban J connectivity index is 1.80. The number of carbonyl (C=O) groups excluding carboxylic acids is 1. The molecule has 1 heterocycles. The Morgan fingerprint density at radius 3 is 2.40 bits per heavy atom. The number of rotatable bonds is 4. The molecule has 3 aromatic rings. The molecule has 0 radical (unpaired) electrons. The summed E-state index contributed by atoms with van der Waals surface area (Å²) in [7, 11) is 0. The Labute approximate surface area is 146 Å². The van der Waals surface area contributed by atoms with Crippen LogP contribution in [0.3, 0.4) is 0 Å². The number of hydrogen-bond donors (Lipinski definition) is 2. The van der Waals surface area contributed by atoms with Gasteiger partial charge in [0.05, 0.1) is 18.0 Å². The van der Waals surface area contributed by atoms with Crippen LogP contribution < -0.4 is 5.32 Å². The van der Waals surface area contributed by atoms with E-state index in [4.69, 9.17) is 0 Å². The van der Waals surface area contributed by atoms with Gasteiger partial charge in [0.1, 0.15) is 0 Å². The maximum absolute atomic E-state index is 12.5. The molecule has 0 unspecified atom stereocenters. The number of anilines is 1. The van der Waals surface area contributed by atoms with E-state index >= 15 is 0 Å². The standard InChI is InChI=1S/C20H21N3O2/c1-13-4-5-16(12-24)11-19(13)21-20(25)17-6-8-18(9-7-17)23-15(3)10-14(2)22-23/h4-11,24H,12H2,1-3H3,(H,21,25). The maximum Gasteiger partial charge on any atom is 0.255 e. The van der Waals surface area contributed by atoms with Crippen molar-refractivity contribution >= 4 is 11.6 Å². The molecular weight excluding hydrogens is 314 g/mol. The Bertz CT molecular complexity index is 911. The van der Waals surface area contributed by atoms with Crippen molar-refractivity contribution < 1.29 is 9.90 Å². The highest BCUT2D eigenvalue weighted by Crippen LogP contribution is 2.19. The first kappa shape index (κ1) is 16.9. The summed E-state index contributed by atoms with van der Waals surface area (Å²) in [5, 5.41) is 16.6. The van der Waals surface area contributed by atoms with E-state index in [-0.39, 0.29) is 12.5 Å². The van der Waals surface area contributed by atoms with Crippen molar-refractivity contribution in [1.29, 1.82) is 0 Å². The van der Waals surface area contributed by atoms with Crippen LogP contribution in [0.25, 0.3) is 5.69 Å². The number of aryl methyl sites for hydroxylation is 3. The van der Waals surface area contributed by atoms with Gasteiger partial charge in [0.15, 0.2) is 0 Å². The number of aliphatic hydroxyl groups excluding tert-OH is 1. The molecule has 2 aromatic carbocycles. The normalized spacial score (nSPS) is 10.7. The highest BCUT2D eigenvalue weighted by molar-refractivity contribution is 6.04. The molecule has 0 aliphatic heterocycles. The fourth-order valence-electron chi connectivity index (χ4n) is 2.74. The molecule has 2 N–H and O–H groups in total. The SMILES string of the molecule is Cc1cc(C)n(-c2ccc(C(=O)Nc3cc(CO)ccc3C)cc2)n1. The van der Waals surface area contributed by atoms with Gasteiger partial charge in [0, 0.05) is 16.9 Å². The molecule has 25 heavy (non-hydrogen) atoms. The van der Waals surface area contributed by atoms with Crippen LogP contribution in [0.15, 0.2) is 48.5 Å². The summed E-state index contributed by atoms with van der Waals surface area (Å²) in [4.78, 5) is 12.5. The zero-order chi connectivity index (χ0) is 18.0. The van der Waals surface area contributed by atoms with Gasteiger partial charge in [0.25, 0.3) is 5.91 Å². The third kappa shape index (κ3) is 3.61. The second-order valence-electron chi connectivity index (χ2n) is 6.15. The number of amides is 1. The van der Waals surface area contributed by atoms with Crippen molar-refractivity contribution in [1.82, 2.24) is 9.78 Å². The summed E-state index contributed by atoms with van der Waals surface area (Å²) in [5.41, 5.74) is 5.91. The smallest absolute Gasteiger partial charge is 0.255 e. The first-order valence-corrected chi connectivity index (χ1v) is 8.13. The Hall–Kier alpha value is -2.92. The lowest BCUT2D eigenvalue weighted by Gasteiger charge is -2.11. The van der Waals surface area contributed by atoms with Crippen molar-refractivity contribution in [2.75, 3.05) is 5.32 Å². The molecule has 0 saturated heterocycles. The summed E-state index contributed by atoms with van der Waals surface area (Å²) in [5.74, 6) is -0.182. The molecule has 0 aliphatic carbocycles. The van der Waals surface area contributed by atoms with Crippen molar-refractivity contribution in [3.63, 3.8) is 0 Å². The highest BCUT2D eigenvalue weighted by Gasteiger charge is 2.10. The van der Waals surface area contributed by atoms with Crippen LogP contribution in [0.4, 0.5) is 5.69 Å². The van der Waals surface area contributed by atoms with Crippen LogP contribution >= 0.6 is 0 Å². The molecule has 0 aliphatic rings. The molecule has 1 amide bonds. The lowest BCUT2D eigenvalue weighted by atomic mass is 10.1. The molecule has 0 atom stereocenters. The third-order valence-electron chi connectivity index (χ3n) is 4.12. The van der Waals surface area contributed by atoms with Gasteiger partial charge >= 0.3 is 0 Å². The molecule has 0 spiro atoms. The number of aliphatic hydroxyl groups is 1. The molecule has 0 fully saturated rings. The molecule has 128 valence electrons. The van der Waals surface area contributed by atoms with E-state index in [1.54, 1.807) is 18.2 Å². The molecule has 0 bridgehead atoms. The average molecular weight is 335 g/mol. The van der Waals surface area contributed by atoms with Gasteiger partial charge in [-0.2, -0.15) is 5.10 Å². The van der Waals surface area contributed by atoms with E-state index in [9.17, 15) is 9.90 Å². The summed E-state index contributed by atoms with van der Waals surface area (Å²) in [6.07, 6.45) is 0. The highest BCUT2D eigenvalue weighted by atomic mass is 16.3. The van der Waals surface area contributed by atoms with Crippen molar-refractivity contribution in [2.45, 2.75) is 27.4 Å². The molecule has 5 heteroatoms. The first-order chi connectivity index (χ1) is 12.0. The molecular formula is C20H21N3O2. The van der Waals surface area contributed by atoms with E-state index in [2.05, 4.69) is 10.4 Å².